The molecule has 0 heterocycles. The third-order valence-electron chi connectivity index (χ3n) is 2.34. The van der Waals surface area contributed by atoms with Gasteiger partial charge in [-0.05, 0) is 19.5 Å². The first kappa shape index (κ1) is 13.7. The van der Waals surface area contributed by atoms with Gasteiger partial charge in [0.25, 0.3) is 0 Å². The molecule has 0 spiro atoms. The number of aliphatic hydroxyl groups excluding tert-OH is 1. The number of carbonyl (C=O) groups excluding carboxylic acids is 1. The number of nitrogens with zero attached hydrogens (tertiary/aromatic N) is 1. The average Bonchev–Trinajstić information content (AvgIpc) is 2.30. The Morgan fingerprint density at radius 3 is 2.65 bits per heavy atom. The van der Waals surface area contributed by atoms with Gasteiger partial charge in [0.15, 0.2) is 6.10 Å². The van der Waals surface area contributed by atoms with Gasteiger partial charge in [0.05, 0.1) is 6.61 Å². The zero-order valence-corrected chi connectivity index (χ0v) is 10.3. The average molecular weight is 237 g/mol. The Kier molecular flexibility index (Phi) is 5.66. The van der Waals surface area contributed by atoms with Crippen LogP contribution in [-0.4, -0.2) is 42.3 Å². The molecule has 0 saturated carbocycles. The Morgan fingerprint density at radius 2 is 2.06 bits per heavy atom. The van der Waals surface area contributed by atoms with E-state index in [1.165, 1.54) is 0 Å². The molecule has 4 heteroatoms. The standard InChI is InChI=1S/C13H19NO3/c1-3-17-13(16)12(15)10-14(2)9-11-7-5-4-6-8-11/h4-8,12,15H,3,9-10H2,1-2H3. The molecule has 0 saturated heterocycles. The summed E-state index contributed by atoms with van der Waals surface area (Å²) in [5, 5.41) is 9.58. The van der Waals surface area contributed by atoms with Gasteiger partial charge in [-0.25, -0.2) is 4.79 Å². The first-order valence-corrected chi connectivity index (χ1v) is 5.70. The largest absolute Gasteiger partial charge is 0.464 e. The molecule has 1 aromatic rings. The van der Waals surface area contributed by atoms with E-state index in [9.17, 15) is 9.90 Å². The number of carbonyl (C=O) groups is 1. The highest BCUT2D eigenvalue weighted by Gasteiger charge is 2.17. The molecule has 0 amide bonds. The SMILES string of the molecule is CCOC(=O)C(O)CN(C)Cc1ccccc1. The van der Waals surface area contributed by atoms with Crippen LogP contribution in [0.5, 0.6) is 0 Å². The molecule has 0 radical (unpaired) electrons. The van der Waals surface area contributed by atoms with E-state index in [-0.39, 0.29) is 13.2 Å². The van der Waals surface area contributed by atoms with Gasteiger partial charge in [0.1, 0.15) is 0 Å². The number of rotatable bonds is 6. The van der Waals surface area contributed by atoms with E-state index < -0.39 is 12.1 Å². The van der Waals surface area contributed by atoms with Gasteiger partial charge >= 0.3 is 5.97 Å². The zero-order chi connectivity index (χ0) is 12.7. The van der Waals surface area contributed by atoms with Crippen molar-refractivity contribution >= 4 is 5.97 Å². The normalized spacial score (nSPS) is 12.5. The fraction of sp³-hybridized carbons (Fsp3) is 0.462. The highest BCUT2D eigenvalue weighted by Crippen LogP contribution is 2.03. The predicted octanol–water partition coefficient (Wildman–Crippen LogP) is 1.04. The molecule has 0 aliphatic rings. The summed E-state index contributed by atoms with van der Waals surface area (Å²) in [7, 11) is 1.86. The first-order chi connectivity index (χ1) is 8.13. The van der Waals surface area contributed by atoms with Crippen molar-refractivity contribution in [1.29, 1.82) is 0 Å². The summed E-state index contributed by atoms with van der Waals surface area (Å²) in [6, 6.07) is 9.90. The molecule has 1 aromatic carbocycles. The van der Waals surface area contributed by atoms with E-state index in [0.29, 0.717) is 6.54 Å². The number of ether oxygens (including phenoxy) is 1. The topological polar surface area (TPSA) is 49.8 Å². The summed E-state index contributed by atoms with van der Waals surface area (Å²) in [4.78, 5) is 13.1. The lowest BCUT2D eigenvalue weighted by Crippen LogP contribution is -2.35. The minimum Gasteiger partial charge on any atom is -0.464 e. The molecule has 0 aliphatic heterocycles. The van der Waals surface area contributed by atoms with Crippen LogP contribution >= 0.6 is 0 Å². The Morgan fingerprint density at radius 1 is 1.41 bits per heavy atom. The lowest BCUT2D eigenvalue weighted by Gasteiger charge is -2.19. The molecule has 1 rings (SSSR count). The molecule has 17 heavy (non-hydrogen) atoms. The predicted molar refractivity (Wildman–Crippen MR) is 65.4 cm³/mol. The monoisotopic (exact) mass is 237 g/mol. The van der Waals surface area contributed by atoms with Gasteiger partial charge in [-0.2, -0.15) is 0 Å². The second-order valence-corrected chi connectivity index (χ2v) is 3.95. The maximum Gasteiger partial charge on any atom is 0.336 e. The third-order valence-corrected chi connectivity index (χ3v) is 2.34. The molecule has 0 aliphatic carbocycles. The van der Waals surface area contributed by atoms with E-state index in [1.807, 2.05) is 42.3 Å². The number of hydrogen-bond donors (Lipinski definition) is 1. The van der Waals surface area contributed by atoms with Crippen molar-refractivity contribution in [1.82, 2.24) is 4.90 Å². The van der Waals surface area contributed by atoms with Gasteiger partial charge in [-0.15, -0.1) is 0 Å². The second kappa shape index (κ2) is 7.04. The molecule has 94 valence electrons. The summed E-state index contributed by atoms with van der Waals surface area (Å²) >= 11 is 0. The number of hydrogen-bond acceptors (Lipinski definition) is 4. The fourth-order valence-electron chi connectivity index (χ4n) is 1.57. The quantitative estimate of drug-likeness (QED) is 0.751. The van der Waals surface area contributed by atoms with Crippen molar-refractivity contribution in [3.63, 3.8) is 0 Å². The van der Waals surface area contributed by atoms with Crippen LogP contribution in [0.4, 0.5) is 0 Å². The van der Waals surface area contributed by atoms with Crippen LogP contribution in [0.3, 0.4) is 0 Å². The van der Waals surface area contributed by atoms with E-state index in [0.717, 1.165) is 5.56 Å². The van der Waals surface area contributed by atoms with Crippen LogP contribution in [-0.2, 0) is 16.1 Å². The Hall–Kier alpha value is -1.39. The van der Waals surface area contributed by atoms with Gasteiger partial charge in [0, 0.05) is 13.1 Å². The van der Waals surface area contributed by atoms with Gasteiger partial charge in [-0.1, -0.05) is 30.3 Å². The van der Waals surface area contributed by atoms with Crippen molar-refractivity contribution in [2.75, 3.05) is 20.2 Å². The maximum absolute atomic E-state index is 11.2. The summed E-state index contributed by atoms with van der Waals surface area (Å²) in [5.41, 5.74) is 1.14. The van der Waals surface area contributed by atoms with Gasteiger partial charge < -0.3 is 9.84 Å². The Labute approximate surface area is 102 Å². The Balaban J connectivity index is 2.39. The van der Waals surface area contributed by atoms with Crippen molar-refractivity contribution in [3.05, 3.63) is 35.9 Å². The lowest BCUT2D eigenvalue weighted by molar-refractivity contribution is -0.153. The number of benzene rings is 1. The van der Waals surface area contributed by atoms with E-state index in [4.69, 9.17) is 4.74 Å². The van der Waals surface area contributed by atoms with Crippen LogP contribution in [0.1, 0.15) is 12.5 Å². The number of aliphatic hydroxyl groups is 1. The third kappa shape index (κ3) is 4.97. The molecular weight excluding hydrogens is 218 g/mol. The summed E-state index contributed by atoms with van der Waals surface area (Å²) in [6.07, 6.45) is -1.08. The van der Waals surface area contributed by atoms with Crippen molar-refractivity contribution < 1.29 is 14.6 Å². The number of likely N-dealkylation sites (N-methyl/N-ethyl adjacent to an activating group) is 1. The van der Waals surface area contributed by atoms with Crippen LogP contribution in [0, 0.1) is 0 Å². The zero-order valence-electron chi connectivity index (χ0n) is 10.3. The highest BCUT2D eigenvalue weighted by atomic mass is 16.5. The first-order valence-electron chi connectivity index (χ1n) is 5.70. The molecule has 4 nitrogen and oxygen atoms in total. The highest BCUT2D eigenvalue weighted by molar-refractivity contribution is 5.74. The fourth-order valence-corrected chi connectivity index (χ4v) is 1.57. The lowest BCUT2D eigenvalue weighted by atomic mass is 10.2. The smallest absolute Gasteiger partial charge is 0.336 e. The van der Waals surface area contributed by atoms with Crippen LogP contribution in [0.2, 0.25) is 0 Å². The summed E-state index contributed by atoms with van der Waals surface area (Å²) in [5.74, 6) is -0.563. The minimum atomic E-state index is -1.08. The molecule has 0 bridgehead atoms. The van der Waals surface area contributed by atoms with Gasteiger partial charge in [-0.3, -0.25) is 4.90 Å². The van der Waals surface area contributed by atoms with Gasteiger partial charge in [0.2, 0.25) is 0 Å². The molecule has 1 N–H and O–H groups in total. The van der Waals surface area contributed by atoms with Crippen LogP contribution < -0.4 is 0 Å². The van der Waals surface area contributed by atoms with E-state index in [1.54, 1.807) is 6.92 Å². The summed E-state index contributed by atoms with van der Waals surface area (Å²) < 4.78 is 4.74. The van der Waals surface area contributed by atoms with Crippen LogP contribution in [0.25, 0.3) is 0 Å². The van der Waals surface area contributed by atoms with E-state index >= 15 is 0 Å². The molecular formula is C13H19NO3. The van der Waals surface area contributed by atoms with Crippen molar-refractivity contribution in [2.24, 2.45) is 0 Å². The Bertz CT molecular complexity index is 340. The number of esters is 1. The maximum atomic E-state index is 11.2. The van der Waals surface area contributed by atoms with E-state index in [2.05, 4.69) is 0 Å². The molecule has 0 fully saturated rings. The van der Waals surface area contributed by atoms with Crippen LogP contribution in [0.15, 0.2) is 30.3 Å². The van der Waals surface area contributed by atoms with Crippen molar-refractivity contribution in [3.8, 4) is 0 Å². The van der Waals surface area contributed by atoms with Crippen molar-refractivity contribution in [2.45, 2.75) is 19.6 Å². The molecule has 1 unspecified atom stereocenters. The summed E-state index contributed by atoms with van der Waals surface area (Å²) in [6.45, 7) is 2.97. The molecule has 0 aromatic heterocycles. The second-order valence-electron chi connectivity index (χ2n) is 3.95. The molecule has 1 atom stereocenters. The minimum absolute atomic E-state index is 0.272.